The second-order valence-electron chi connectivity index (χ2n) is 4.69. The number of carbonyl (C=O) groups excluding carboxylic acids is 2. The molecule has 116 valence electrons. The van der Waals surface area contributed by atoms with Crippen molar-refractivity contribution in [1.82, 2.24) is 4.90 Å². The summed E-state index contributed by atoms with van der Waals surface area (Å²) < 4.78 is 9.98. The smallest absolute Gasteiger partial charge is 0.325 e. The number of rotatable bonds is 6. The average molecular weight is 294 g/mol. The van der Waals surface area contributed by atoms with Gasteiger partial charge in [-0.1, -0.05) is 6.07 Å². The van der Waals surface area contributed by atoms with E-state index >= 15 is 0 Å². The maximum Gasteiger partial charge on any atom is 0.325 e. The molecule has 0 aromatic heterocycles. The highest BCUT2D eigenvalue weighted by atomic mass is 16.5. The van der Waals surface area contributed by atoms with Crippen molar-refractivity contribution in [2.24, 2.45) is 0 Å². The van der Waals surface area contributed by atoms with Crippen molar-refractivity contribution in [3.8, 4) is 5.75 Å². The Morgan fingerprint density at radius 2 is 2.05 bits per heavy atom. The number of anilines is 1. The van der Waals surface area contributed by atoms with Crippen LogP contribution in [0.2, 0.25) is 0 Å². The molecule has 6 heteroatoms. The van der Waals surface area contributed by atoms with Crippen molar-refractivity contribution >= 4 is 17.7 Å². The third kappa shape index (κ3) is 5.33. The molecule has 0 saturated heterocycles. The summed E-state index contributed by atoms with van der Waals surface area (Å²) in [6.45, 7) is 5.62. The predicted octanol–water partition coefficient (Wildman–Crippen LogP) is 2.50. The summed E-state index contributed by atoms with van der Waals surface area (Å²) in [5.41, 5.74) is 0.605. The van der Waals surface area contributed by atoms with Crippen LogP contribution in [-0.4, -0.2) is 43.2 Å². The minimum absolute atomic E-state index is 0.0820. The van der Waals surface area contributed by atoms with Crippen molar-refractivity contribution in [2.75, 3.05) is 25.6 Å². The topological polar surface area (TPSA) is 67.9 Å². The molecule has 0 heterocycles. The summed E-state index contributed by atoms with van der Waals surface area (Å²) in [7, 11) is 1.56. The van der Waals surface area contributed by atoms with Crippen molar-refractivity contribution in [1.29, 1.82) is 0 Å². The van der Waals surface area contributed by atoms with Gasteiger partial charge in [-0.05, 0) is 32.9 Å². The molecular formula is C15H22N2O4. The van der Waals surface area contributed by atoms with Crippen LogP contribution in [0.1, 0.15) is 20.8 Å². The molecule has 0 saturated carbocycles. The lowest BCUT2D eigenvalue weighted by molar-refractivity contribution is -0.144. The highest BCUT2D eigenvalue weighted by Crippen LogP contribution is 2.17. The zero-order valence-electron chi connectivity index (χ0n) is 12.9. The number of benzene rings is 1. The number of nitrogens with one attached hydrogen (secondary N) is 1. The molecular weight excluding hydrogens is 272 g/mol. The summed E-state index contributed by atoms with van der Waals surface area (Å²) in [6, 6.07) is 6.55. The van der Waals surface area contributed by atoms with Crippen LogP contribution in [0.4, 0.5) is 10.5 Å². The molecule has 1 aromatic rings. The Balaban J connectivity index is 2.74. The van der Waals surface area contributed by atoms with E-state index in [0.717, 1.165) is 0 Å². The number of nitrogens with zero attached hydrogens (tertiary/aromatic N) is 1. The minimum atomic E-state index is -0.424. The highest BCUT2D eigenvalue weighted by Gasteiger charge is 2.21. The second kappa shape index (κ2) is 8.14. The number of methoxy groups -OCH3 is 1. The van der Waals surface area contributed by atoms with Crippen LogP contribution in [0, 0.1) is 0 Å². The summed E-state index contributed by atoms with van der Waals surface area (Å²) in [5.74, 6) is 0.223. The number of urea groups is 1. The Bertz CT molecular complexity index is 488. The fraction of sp³-hybridized carbons (Fsp3) is 0.467. The number of amides is 2. The van der Waals surface area contributed by atoms with E-state index < -0.39 is 5.97 Å². The fourth-order valence-electron chi connectivity index (χ4n) is 1.73. The largest absolute Gasteiger partial charge is 0.497 e. The molecule has 1 aromatic carbocycles. The molecule has 0 bridgehead atoms. The summed E-state index contributed by atoms with van der Waals surface area (Å²) in [6.07, 6.45) is 0. The van der Waals surface area contributed by atoms with E-state index in [1.54, 1.807) is 38.3 Å². The van der Waals surface area contributed by atoms with Gasteiger partial charge >= 0.3 is 12.0 Å². The van der Waals surface area contributed by atoms with E-state index in [-0.39, 0.29) is 18.6 Å². The Kier molecular flexibility index (Phi) is 6.52. The average Bonchev–Trinajstić information content (AvgIpc) is 2.44. The SMILES string of the molecule is CCOC(=O)CN(C(=O)Nc1cccc(OC)c1)C(C)C. The first-order valence-electron chi connectivity index (χ1n) is 6.85. The van der Waals surface area contributed by atoms with Gasteiger partial charge in [-0.2, -0.15) is 0 Å². The van der Waals surface area contributed by atoms with E-state index in [4.69, 9.17) is 9.47 Å². The number of carbonyl (C=O) groups is 2. The fourth-order valence-corrected chi connectivity index (χ4v) is 1.73. The molecule has 0 aliphatic rings. The molecule has 6 nitrogen and oxygen atoms in total. The quantitative estimate of drug-likeness (QED) is 0.819. The summed E-state index contributed by atoms with van der Waals surface area (Å²) in [4.78, 5) is 25.2. The molecule has 0 radical (unpaired) electrons. The molecule has 0 aliphatic heterocycles. The monoisotopic (exact) mass is 294 g/mol. The zero-order valence-corrected chi connectivity index (χ0v) is 12.9. The van der Waals surface area contributed by atoms with Gasteiger partial charge in [0, 0.05) is 17.8 Å². The van der Waals surface area contributed by atoms with Crippen LogP contribution in [0.15, 0.2) is 24.3 Å². The lowest BCUT2D eigenvalue weighted by atomic mass is 10.3. The van der Waals surface area contributed by atoms with Crippen molar-refractivity contribution < 1.29 is 19.1 Å². The summed E-state index contributed by atoms with van der Waals surface area (Å²) >= 11 is 0. The maximum atomic E-state index is 12.3. The number of hydrogen-bond donors (Lipinski definition) is 1. The molecule has 1 N–H and O–H groups in total. The van der Waals surface area contributed by atoms with Crippen LogP contribution in [0.5, 0.6) is 5.75 Å². The van der Waals surface area contributed by atoms with Crippen LogP contribution in [0.3, 0.4) is 0 Å². The lowest BCUT2D eigenvalue weighted by Gasteiger charge is -2.26. The van der Waals surface area contributed by atoms with Crippen LogP contribution in [0.25, 0.3) is 0 Å². The van der Waals surface area contributed by atoms with Gasteiger partial charge in [-0.15, -0.1) is 0 Å². The van der Waals surface area contributed by atoms with Gasteiger partial charge in [0.05, 0.1) is 13.7 Å². The predicted molar refractivity (Wildman–Crippen MR) is 80.5 cm³/mol. The first-order valence-corrected chi connectivity index (χ1v) is 6.85. The standard InChI is InChI=1S/C15H22N2O4/c1-5-21-14(18)10-17(11(2)3)15(19)16-12-7-6-8-13(9-12)20-4/h6-9,11H,5,10H2,1-4H3,(H,16,19). The van der Waals surface area contributed by atoms with E-state index in [2.05, 4.69) is 5.32 Å². The summed E-state index contributed by atoms with van der Waals surface area (Å²) in [5, 5.41) is 2.74. The first-order chi connectivity index (χ1) is 9.97. The Labute approximate surface area is 125 Å². The highest BCUT2D eigenvalue weighted by molar-refractivity contribution is 5.91. The molecule has 0 unspecified atom stereocenters. The van der Waals surface area contributed by atoms with Gasteiger partial charge < -0.3 is 19.7 Å². The lowest BCUT2D eigenvalue weighted by Crippen LogP contribution is -2.43. The van der Waals surface area contributed by atoms with E-state index in [9.17, 15) is 9.59 Å². The first kappa shape index (κ1) is 16.8. The molecule has 2 amide bonds. The Hall–Kier alpha value is -2.24. The number of esters is 1. The molecule has 0 fully saturated rings. The Morgan fingerprint density at radius 1 is 1.33 bits per heavy atom. The molecule has 0 spiro atoms. The van der Waals surface area contributed by atoms with Gasteiger partial charge in [0.2, 0.25) is 0 Å². The second-order valence-corrected chi connectivity index (χ2v) is 4.69. The Morgan fingerprint density at radius 3 is 2.62 bits per heavy atom. The molecule has 0 aliphatic carbocycles. The third-order valence-corrected chi connectivity index (χ3v) is 2.81. The number of ether oxygens (including phenoxy) is 2. The number of hydrogen-bond acceptors (Lipinski definition) is 4. The van der Waals surface area contributed by atoms with Crippen LogP contribution < -0.4 is 10.1 Å². The van der Waals surface area contributed by atoms with Gasteiger partial charge in [0.1, 0.15) is 12.3 Å². The van der Waals surface area contributed by atoms with Crippen molar-refractivity contribution in [3.63, 3.8) is 0 Å². The van der Waals surface area contributed by atoms with Crippen LogP contribution >= 0.6 is 0 Å². The third-order valence-electron chi connectivity index (χ3n) is 2.81. The van der Waals surface area contributed by atoms with Gasteiger partial charge in [-0.3, -0.25) is 4.79 Å². The van der Waals surface area contributed by atoms with E-state index in [1.165, 1.54) is 4.90 Å². The zero-order chi connectivity index (χ0) is 15.8. The van der Waals surface area contributed by atoms with E-state index in [1.807, 2.05) is 13.8 Å². The molecule has 1 rings (SSSR count). The normalized spacial score (nSPS) is 10.1. The van der Waals surface area contributed by atoms with Crippen LogP contribution in [-0.2, 0) is 9.53 Å². The van der Waals surface area contributed by atoms with Crippen molar-refractivity contribution in [3.05, 3.63) is 24.3 Å². The molecule has 21 heavy (non-hydrogen) atoms. The van der Waals surface area contributed by atoms with E-state index in [0.29, 0.717) is 18.0 Å². The van der Waals surface area contributed by atoms with Gasteiger partial charge in [0.25, 0.3) is 0 Å². The van der Waals surface area contributed by atoms with Gasteiger partial charge in [-0.25, -0.2) is 4.79 Å². The minimum Gasteiger partial charge on any atom is -0.497 e. The van der Waals surface area contributed by atoms with Crippen molar-refractivity contribution in [2.45, 2.75) is 26.8 Å². The molecule has 0 atom stereocenters. The maximum absolute atomic E-state index is 12.3. The van der Waals surface area contributed by atoms with Gasteiger partial charge in [0.15, 0.2) is 0 Å².